The van der Waals surface area contributed by atoms with E-state index >= 15 is 0 Å². The highest BCUT2D eigenvalue weighted by Gasteiger charge is 2.13. The van der Waals surface area contributed by atoms with Gasteiger partial charge in [-0.3, -0.25) is 4.79 Å². The van der Waals surface area contributed by atoms with Crippen molar-refractivity contribution in [2.75, 3.05) is 5.32 Å². The second kappa shape index (κ2) is 7.47. The lowest BCUT2D eigenvalue weighted by molar-refractivity contribution is -0.112. The average Bonchev–Trinajstić information content (AvgIpc) is 3.34. The molecular formula is C21H12FN3O2S. The van der Waals surface area contributed by atoms with Crippen LogP contribution in [0.4, 0.5) is 10.1 Å². The fraction of sp³-hybridized carbons (Fsp3) is 0. The summed E-state index contributed by atoms with van der Waals surface area (Å²) in [6.45, 7) is 0. The van der Waals surface area contributed by atoms with Gasteiger partial charge in [0, 0.05) is 11.8 Å². The Morgan fingerprint density at radius 2 is 1.93 bits per heavy atom. The normalized spacial score (nSPS) is 11.4. The van der Waals surface area contributed by atoms with E-state index in [9.17, 15) is 14.4 Å². The highest BCUT2D eigenvalue weighted by atomic mass is 32.1. The smallest absolute Gasteiger partial charge is 0.266 e. The van der Waals surface area contributed by atoms with Gasteiger partial charge in [0.25, 0.3) is 5.91 Å². The van der Waals surface area contributed by atoms with Crippen molar-refractivity contribution in [2.24, 2.45) is 0 Å². The van der Waals surface area contributed by atoms with Crippen molar-refractivity contribution in [2.45, 2.75) is 0 Å². The van der Waals surface area contributed by atoms with E-state index in [2.05, 4.69) is 10.3 Å². The molecule has 0 aliphatic rings. The number of rotatable bonds is 4. The molecular weight excluding hydrogens is 377 g/mol. The molecule has 1 N–H and O–H groups in total. The second-order valence-corrected chi connectivity index (χ2v) is 6.85. The molecule has 7 heteroatoms. The van der Waals surface area contributed by atoms with Gasteiger partial charge in [-0.25, -0.2) is 9.37 Å². The number of nitriles is 1. The van der Waals surface area contributed by atoms with E-state index < -0.39 is 11.7 Å². The molecule has 2 aromatic heterocycles. The number of nitrogens with one attached hydrogen (secondary N) is 1. The van der Waals surface area contributed by atoms with Crippen LogP contribution in [0, 0.1) is 17.1 Å². The first-order valence-corrected chi connectivity index (χ1v) is 9.08. The summed E-state index contributed by atoms with van der Waals surface area (Å²) in [4.78, 5) is 16.8. The van der Waals surface area contributed by atoms with Gasteiger partial charge in [-0.1, -0.05) is 12.1 Å². The SMILES string of the molecule is N#CC(=Cc1ccc(-c2nc3ccccc3s2)o1)C(=O)Nc1ccc(F)cc1. The zero-order chi connectivity index (χ0) is 19.5. The standard InChI is InChI=1S/C21H12FN3O2S/c22-14-5-7-15(8-6-14)24-20(26)13(12-23)11-16-9-10-18(27-16)21-25-17-3-1-2-4-19(17)28-21/h1-11H,(H,24,26). The fourth-order valence-corrected chi connectivity index (χ4v) is 3.47. The summed E-state index contributed by atoms with van der Waals surface area (Å²) >= 11 is 1.50. The third-order valence-corrected chi connectivity index (χ3v) is 4.94. The van der Waals surface area contributed by atoms with Gasteiger partial charge in [-0.05, 0) is 48.5 Å². The molecule has 0 spiro atoms. The maximum atomic E-state index is 13.0. The van der Waals surface area contributed by atoms with Crippen LogP contribution >= 0.6 is 11.3 Å². The molecule has 0 aliphatic heterocycles. The molecule has 1 amide bonds. The van der Waals surface area contributed by atoms with Gasteiger partial charge < -0.3 is 9.73 Å². The lowest BCUT2D eigenvalue weighted by atomic mass is 10.2. The van der Waals surface area contributed by atoms with Crippen molar-refractivity contribution in [3.8, 4) is 16.8 Å². The van der Waals surface area contributed by atoms with Gasteiger partial charge in [0.15, 0.2) is 10.8 Å². The summed E-state index contributed by atoms with van der Waals surface area (Å²) in [6.07, 6.45) is 1.36. The molecule has 4 aromatic rings. The molecule has 0 aliphatic carbocycles. The minimum absolute atomic E-state index is 0.130. The predicted octanol–water partition coefficient (Wildman–Crippen LogP) is 5.24. The number of thiazole rings is 1. The Morgan fingerprint density at radius 3 is 2.68 bits per heavy atom. The van der Waals surface area contributed by atoms with Crippen LogP contribution in [0.5, 0.6) is 0 Å². The van der Waals surface area contributed by atoms with Crippen LogP contribution in [-0.2, 0) is 4.79 Å². The van der Waals surface area contributed by atoms with Crippen LogP contribution in [0.2, 0.25) is 0 Å². The quantitative estimate of drug-likeness (QED) is 0.382. The zero-order valence-electron chi connectivity index (χ0n) is 14.3. The number of benzene rings is 2. The second-order valence-electron chi connectivity index (χ2n) is 5.82. The third kappa shape index (κ3) is 3.68. The topological polar surface area (TPSA) is 78.9 Å². The summed E-state index contributed by atoms with van der Waals surface area (Å²) in [7, 11) is 0. The summed E-state index contributed by atoms with van der Waals surface area (Å²) in [5.74, 6) is -0.0946. The number of hydrogen-bond acceptors (Lipinski definition) is 5. The number of para-hydroxylation sites is 1. The molecule has 0 radical (unpaired) electrons. The van der Waals surface area contributed by atoms with E-state index in [4.69, 9.17) is 4.42 Å². The molecule has 0 saturated carbocycles. The van der Waals surface area contributed by atoms with Crippen LogP contribution in [0.3, 0.4) is 0 Å². The number of carbonyl (C=O) groups excluding carboxylic acids is 1. The van der Waals surface area contributed by atoms with Gasteiger partial charge in [0.2, 0.25) is 0 Å². The van der Waals surface area contributed by atoms with E-state index in [0.29, 0.717) is 17.2 Å². The average molecular weight is 389 g/mol. The first-order valence-electron chi connectivity index (χ1n) is 8.27. The Balaban J connectivity index is 1.56. The number of nitrogens with zero attached hydrogens (tertiary/aromatic N) is 2. The molecule has 0 saturated heterocycles. The number of furan rings is 1. The van der Waals surface area contributed by atoms with E-state index in [1.54, 1.807) is 12.1 Å². The minimum atomic E-state index is -0.605. The van der Waals surface area contributed by atoms with Crippen molar-refractivity contribution in [3.63, 3.8) is 0 Å². The summed E-state index contributed by atoms with van der Waals surface area (Å²) in [6, 6.07) is 18.3. The molecule has 2 heterocycles. The Labute approximate surface area is 163 Å². The van der Waals surface area contributed by atoms with E-state index in [-0.39, 0.29) is 5.57 Å². The summed E-state index contributed by atoms with van der Waals surface area (Å²) < 4.78 is 19.7. The molecule has 0 atom stereocenters. The molecule has 136 valence electrons. The summed E-state index contributed by atoms with van der Waals surface area (Å²) in [5.41, 5.74) is 1.14. The third-order valence-electron chi connectivity index (χ3n) is 3.89. The Morgan fingerprint density at radius 1 is 1.14 bits per heavy atom. The van der Waals surface area contributed by atoms with Gasteiger partial charge >= 0.3 is 0 Å². The lowest BCUT2D eigenvalue weighted by Gasteiger charge is -2.03. The van der Waals surface area contributed by atoms with Crippen molar-refractivity contribution in [1.82, 2.24) is 4.98 Å². The Bertz CT molecular complexity index is 1200. The molecule has 4 rings (SSSR count). The highest BCUT2D eigenvalue weighted by Crippen LogP contribution is 2.31. The number of carbonyl (C=O) groups is 1. The maximum Gasteiger partial charge on any atom is 0.266 e. The van der Waals surface area contributed by atoms with Crippen molar-refractivity contribution < 1.29 is 13.6 Å². The molecule has 2 aromatic carbocycles. The predicted molar refractivity (Wildman–Crippen MR) is 106 cm³/mol. The van der Waals surface area contributed by atoms with Crippen molar-refractivity contribution in [1.29, 1.82) is 5.26 Å². The molecule has 0 fully saturated rings. The number of amides is 1. The van der Waals surface area contributed by atoms with E-state index in [0.717, 1.165) is 15.2 Å². The Hall–Kier alpha value is -3.76. The van der Waals surface area contributed by atoms with Gasteiger partial charge in [0.1, 0.15) is 23.2 Å². The molecule has 0 unspecified atom stereocenters. The number of hydrogen-bond donors (Lipinski definition) is 1. The van der Waals surface area contributed by atoms with Gasteiger partial charge in [-0.2, -0.15) is 5.26 Å². The van der Waals surface area contributed by atoms with E-state index in [1.807, 2.05) is 30.3 Å². The number of aromatic nitrogens is 1. The zero-order valence-corrected chi connectivity index (χ0v) is 15.2. The van der Waals surface area contributed by atoms with Crippen LogP contribution in [0.15, 0.2) is 70.7 Å². The molecule has 28 heavy (non-hydrogen) atoms. The van der Waals surface area contributed by atoms with Crippen LogP contribution in [0.25, 0.3) is 27.1 Å². The number of halogens is 1. The van der Waals surface area contributed by atoms with Crippen molar-refractivity contribution in [3.05, 3.63) is 77.8 Å². The lowest BCUT2D eigenvalue weighted by Crippen LogP contribution is -2.13. The van der Waals surface area contributed by atoms with Crippen LogP contribution < -0.4 is 5.32 Å². The van der Waals surface area contributed by atoms with E-state index in [1.165, 1.54) is 41.7 Å². The van der Waals surface area contributed by atoms with Crippen LogP contribution in [0.1, 0.15) is 5.76 Å². The number of anilines is 1. The maximum absolute atomic E-state index is 13.0. The monoisotopic (exact) mass is 389 g/mol. The first kappa shape index (κ1) is 17.6. The first-order chi connectivity index (χ1) is 13.6. The molecule has 0 bridgehead atoms. The highest BCUT2D eigenvalue weighted by molar-refractivity contribution is 7.21. The fourth-order valence-electron chi connectivity index (χ4n) is 2.55. The minimum Gasteiger partial charge on any atom is -0.454 e. The van der Waals surface area contributed by atoms with Gasteiger partial charge in [-0.15, -0.1) is 11.3 Å². The van der Waals surface area contributed by atoms with Gasteiger partial charge in [0.05, 0.1) is 10.2 Å². The van der Waals surface area contributed by atoms with Crippen molar-refractivity contribution >= 4 is 39.2 Å². The molecule has 5 nitrogen and oxygen atoms in total. The largest absolute Gasteiger partial charge is 0.454 e. The summed E-state index contributed by atoms with van der Waals surface area (Å²) in [5, 5.41) is 12.6. The Kier molecular flexibility index (Phi) is 4.70. The van der Waals surface area contributed by atoms with Crippen LogP contribution in [-0.4, -0.2) is 10.9 Å². The number of fused-ring (bicyclic) bond motifs is 1.